The summed E-state index contributed by atoms with van der Waals surface area (Å²) in [6.07, 6.45) is 0. The van der Waals surface area contributed by atoms with Crippen molar-refractivity contribution in [2.75, 3.05) is 53.6 Å². The molecule has 0 aliphatic carbocycles. The van der Waals surface area contributed by atoms with Crippen LogP contribution in [-0.2, 0) is 14.3 Å². The molecule has 0 unspecified atom stereocenters. The molecule has 2 heterocycles. The fraction of sp³-hybridized carbons (Fsp3) is 0.360. The summed E-state index contributed by atoms with van der Waals surface area (Å²) in [5.41, 5.74) is 0.579. The van der Waals surface area contributed by atoms with Crippen molar-refractivity contribution in [3.05, 3.63) is 59.2 Å². The topological polar surface area (TPSA) is 109 Å². The number of carbonyl (C=O) groups is 2. The van der Waals surface area contributed by atoms with Gasteiger partial charge in [0.1, 0.15) is 23.0 Å². The Bertz CT molecular complexity index is 1110. The Labute approximate surface area is 197 Å². The molecule has 180 valence electrons. The SMILES string of the molecule is COc1cccc([C@H]2C(=C(O)c3ccc(OC)cc3O)C(=O)C(=O)N2CCN2CCOCC2)c1. The molecule has 2 aliphatic rings. The number of likely N-dealkylation sites (tertiary alicyclic amines) is 1. The lowest BCUT2D eigenvalue weighted by Crippen LogP contribution is -2.42. The Morgan fingerprint density at radius 1 is 1.03 bits per heavy atom. The summed E-state index contributed by atoms with van der Waals surface area (Å²) < 4.78 is 15.8. The van der Waals surface area contributed by atoms with Gasteiger partial charge in [-0.15, -0.1) is 0 Å². The number of ether oxygens (including phenoxy) is 3. The van der Waals surface area contributed by atoms with Gasteiger partial charge in [-0.2, -0.15) is 0 Å². The third-order valence-corrected chi connectivity index (χ3v) is 6.17. The molecule has 4 rings (SSSR count). The number of benzene rings is 2. The van der Waals surface area contributed by atoms with Crippen LogP contribution in [0, 0.1) is 0 Å². The maximum Gasteiger partial charge on any atom is 0.295 e. The number of aliphatic hydroxyl groups excluding tert-OH is 1. The van der Waals surface area contributed by atoms with Crippen LogP contribution in [0.1, 0.15) is 17.2 Å². The molecule has 0 aromatic heterocycles. The predicted octanol–water partition coefficient (Wildman–Crippen LogP) is 2.16. The van der Waals surface area contributed by atoms with Crippen LogP contribution in [0.5, 0.6) is 17.2 Å². The van der Waals surface area contributed by atoms with Gasteiger partial charge in [0.15, 0.2) is 0 Å². The molecular weight excluding hydrogens is 440 g/mol. The molecule has 0 spiro atoms. The zero-order valence-electron chi connectivity index (χ0n) is 19.2. The summed E-state index contributed by atoms with van der Waals surface area (Å²) in [7, 11) is 2.99. The van der Waals surface area contributed by atoms with Crippen molar-refractivity contribution in [1.82, 2.24) is 9.80 Å². The molecule has 9 heteroatoms. The summed E-state index contributed by atoms with van der Waals surface area (Å²) in [6, 6.07) is 10.6. The number of morpholine rings is 1. The number of phenolic OH excluding ortho intramolecular Hbond substituents is 1. The summed E-state index contributed by atoms with van der Waals surface area (Å²) in [4.78, 5) is 29.9. The zero-order chi connectivity index (χ0) is 24.2. The van der Waals surface area contributed by atoms with Gasteiger partial charge in [-0.3, -0.25) is 14.5 Å². The Hall–Kier alpha value is -3.56. The van der Waals surface area contributed by atoms with Crippen LogP contribution in [0.15, 0.2) is 48.0 Å². The van der Waals surface area contributed by atoms with Gasteiger partial charge < -0.3 is 29.3 Å². The minimum atomic E-state index is -0.836. The lowest BCUT2D eigenvalue weighted by molar-refractivity contribution is -0.140. The number of rotatable bonds is 7. The van der Waals surface area contributed by atoms with Gasteiger partial charge in [0, 0.05) is 32.2 Å². The van der Waals surface area contributed by atoms with E-state index in [4.69, 9.17) is 14.2 Å². The molecule has 2 aromatic carbocycles. The second-order valence-corrected chi connectivity index (χ2v) is 8.11. The number of carbonyl (C=O) groups excluding carboxylic acids is 2. The van der Waals surface area contributed by atoms with E-state index in [9.17, 15) is 19.8 Å². The standard InChI is InChI=1S/C25H28N2O7/c1-32-17-5-3-4-16(14-17)22-21(23(29)19-7-6-18(33-2)15-20(19)28)24(30)25(31)27(22)9-8-26-10-12-34-13-11-26/h3-7,14-15,22,28-29H,8-13H2,1-2H3/t22-/m0/s1. The van der Waals surface area contributed by atoms with E-state index in [1.807, 2.05) is 0 Å². The lowest BCUT2D eigenvalue weighted by atomic mass is 9.94. The van der Waals surface area contributed by atoms with Gasteiger partial charge in [-0.25, -0.2) is 0 Å². The first kappa shape index (κ1) is 23.6. The third kappa shape index (κ3) is 4.57. The van der Waals surface area contributed by atoms with E-state index in [0.717, 1.165) is 13.1 Å². The highest BCUT2D eigenvalue weighted by Gasteiger charge is 2.46. The number of phenols is 1. The van der Waals surface area contributed by atoms with Gasteiger partial charge in [0.05, 0.1) is 44.6 Å². The number of aromatic hydroxyl groups is 1. The molecule has 1 amide bonds. The third-order valence-electron chi connectivity index (χ3n) is 6.17. The van der Waals surface area contributed by atoms with Gasteiger partial charge in [-0.05, 0) is 29.8 Å². The highest BCUT2D eigenvalue weighted by Crippen LogP contribution is 2.41. The molecule has 34 heavy (non-hydrogen) atoms. The van der Waals surface area contributed by atoms with E-state index in [1.165, 1.54) is 31.3 Å². The molecule has 1 atom stereocenters. The van der Waals surface area contributed by atoms with Crippen LogP contribution in [-0.4, -0.2) is 85.3 Å². The number of Topliss-reactive ketones (excluding diaryl/α,β-unsaturated/α-hetero) is 1. The van der Waals surface area contributed by atoms with Gasteiger partial charge in [-0.1, -0.05) is 12.1 Å². The van der Waals surface area contributed by atoms with Crippen molar-refractivity contribution in [2.45, 2.75) is 6.04 Å². The van der Waals surface area contributed by atoms with Crippen LogP contribution >= 0.6 is 0 Å². The number of amides is 1. The van der Waals surface area contributed by atoms with Gasteiger partial charge >= 0.3 is 0 Å². The molecular formula is C25H28N2O7. The van der Waals surface area contributed by atoms with Crippen molar-refractivity contribution in [3.8, 4) is 17.2 Å². The molecule has 2 aromatic rings. The molecule has 0 bridgehead atoms. The molecule has 2 fully saturated rings. The Morgan fingerprint density at radius 2 is 1.74 bits per heavy atom. The fourth-order valence-corrected chi connectivity index (χ4v) is 4.33. The maximum absolute atomic E-state index is 13.2. The first-order valence-electron chi connectivity index (χ1n) is 11.0. The summed E-state index contributed by atoms with van der Waals surface area (Å²) in [6.45, 7) is 3.58. The van der Waals surface area contributed by atoms with Crippen molar-refractivity contribution in [3.63, 3.8) is 0 Å². The minimum Gasteiger partial charge on any atom is -0.507 e. The number of aliphatic hydroxyl groups is 1. The quantitative estimate of drug-likeness (QED) is 0.362. The smallest absolute Gasteiger partial charge is 0.295 e. The van der Waals surface area contributed by atoms with Crippen LogP contribution in [0.2, 0.25) is 0 Å². The second kappa shape index (κ2) is 10.1. The first-order valence-corrected chi connectivity index (χ1v) is 11.0. The number of methoxy groups -OCH3 is 2. The Kier molecular flexibility index (Phi) is 7.04. The maximum atomic E-state index is 13.2. The zero-order valence-corrected chi connectivity index (χ0v) is 19.2. The molecule has 0 radical (unpaired) electrons. The van der Waals surface area contributed by atoms with Crippen LogP contribution in [0.25, 0.3) is 5.76 Å². The van der Waals surface area contributed by atoms with E-state index in [1.54, 1.807) is 30.3 Å². The summed E-state index contributed by atoms with van der Waals surface area (Å²) in [5, 5.41) is 21.6. The molecule has 0 saturated carbocycles. The van der Waals surface area contributed by atoms with Crippen molar-refractivity contribution >= 4 is 17.4 Å². The number of ketones is 1. The van der Waals surface area contributed by atoms with Crippen LogP contribution in [0.4, 0.5) is 0 Å². The first-order chi connectivity index (χ1) is 16.4. The number of hydrogen-bond donors (Lipinski definition) is 2. The Morgan fingerprint density at radius 3 is 2.41 bits per heavy atom. The van der Waals surface area contributed by atoms with E-state index in [-0.39, 0.29) is 23.4 Å². The number of hydrogen-bond acceptors (Lipinski definition) is 8. The highest BCUT2D eigenvalue weighted by molar-refractivity contribution is 6.46. The normalized spacial score (nSPS) is 20.5. The Balaban J connectivity index is 1.77. The lowest BCUT2D eigenvalue weighted by Gasteiger charge is -2.31. The molecule has 9 nitrogen and oxygen atoms in total. The van der Waals surface area contributed by atoms with Crippen molar-refractivity contribution in [2.24, 2.45) is 0 Å². The van der Waals surface area contributed by atoms with Crippen molar-refractivity contribution in [1.29, 1.82) is 0 Å². The van der Waals surface area contributed by atoms with E-state index >= 15 is 0 Å². The van der Waals surface area contributed by atoms with E-state index < -0.39 is 23.5 Å². The monoisotopic (exact) mass is 468 g/mol. The van der Waals surface area contributed by atoms with Crippen LogP contribution < -0.4 is 9.47 Å². The van der Waals surface area contributed by atoms with E-state index in [0.29, 0.717) is 36.8 Å². The number of nitrogens with zero attached hydrogens (tertiary/aromatic N) is 2. The van der Waals surface area contributed by atoms with Crippen molar-refractivity contribution < 1.29 is 34.0 Å². The largest absolute Gasteiger partial charge is 0.507 e. The predicted molar refractivity (Wildman–Crippen MR) is 124 cm³/mol. The second-order valence-electron chi connectivity index (χ2n) is 8.11. The highest BCUT2D eigenvalue weighted by atomic mass is 16.5. The van der Waals surface area contributed by atoms with Gasteiger partial charge in [0.2, 0.25) is 0 Å². The van der Waals surface area contributed by atoms with E-state index in [2.05, 4.69) is 4.90 Å². The minimum absolute atomic E-state index is 0.0416. The van der Waals surface area contributed by atoms with Crippen LogP contribution in [0.3, 0.4) is 0 Å². The molecule has 2 aliphatic heterocycles. The summed E-state index contributed by atoms with van der Waals surface area (Å²) in [5.74, 6) is -1.26. The average molecular weight is 469 g/mol. The summed E-state index contributed by atoms with van der Waals surface area (Å²) >= 11 is 0. The average Bonchev–Trinajstić information content (AvgIpc) is 3.12. The molecule has 2 N–H and O–H groups in total. The molecule has 2 saturated heterocycles. The van der Waals surface area contributed by atoms with Gasteiger partial charge in [0.25, 0.3) is 11.7 Å². The fourth-order valence-electron chi connectivity index (χ4n) is 4.33.